The fourth-order valence-corrected chi connectivity index (χ4v) is 2.23. The zero-order valence-corrected chi connectivity index (χ0v) is 12.8. The van der Waals surface area contributed by atoms with Gasteiger partial charge in [-0.15, -0.1) is 0 Å². The highest BCUT2D eigenvalue weighted by molar-refractivity contribution is 6.08. The molecule has 1 atom stereocenters. The number of alkyl halides is 3. The van der Waals surface area contributed by atoms with Gasteiger partial charge in [0.05, 0.1) is 22.8 Å². The lowest BCUT2D eigenvalue weighted by Gasteiger charge is -2.15. The van der Waals surface area contributed by atoms with Crippen molar-refractivity contribution in [3.05, 3.63) is 35.7 Å². The minimum Gasteiger partial charge on any atom is -0.338 e. The highest BCUT2D eigenvalue weighted by Gasteiger charge is 2.40. The summed E-state index contributed by atoms with van der Waals surface area (Å²) in [6, 6.07) is 3.78. The molecule has 0 fully saturated rings. The zero-order valence-electron chi connectivity index (χ0n) is 12.8. The molecule has 1 amide bonds. The van der Waals surface area contributed by atoms with Crippen LogP contribution in [0.3, 0.4) is 0 Å². The number of Topliss-reactive ketones (excluding diaryl/α,β-unsaturated/α-hetero) is 1. The van der Waals surface area contributed by atoms with Gasteiger partial charge in [-0.25, -0.2) is 4.52 Å². The third-order valence-electron chi connectivity index (χ3n) is 3.36. The Morgan fingerprint density at radius 3 is 2.43 bits per heavy atom. The number of amides is 1. The maximum atomic E-state index is 12.6. The number of nitrogens with one attached hydrogen (secondary N) is 1. The van der Waals surface area contributed by atoms with Crippen LogP contribution in [-0.4, -0.2) is 33.5 Å². The van der Waals surface area contributed by atoms with Crippen molar-refractivity contribution in [2.75, 3.05) is 0 Å². The molecule has 8 heteroatoms. The zero-order chi connectivity index (χ0) is 17.4. The van der Waals surface area contributed by atoms with Gasteiger partial charge in [-0.1, -0.05) is 19.9 Å². The van der Waals surface area contributed by atoms with Gasteiger partial charge < -0.3 is 5.32 Å². The molecule has 0 radical (unpaired) electrons. The number of halogens is 3. The number of ketones is 1. The Balaban J connectivity index is 2.40. The van der Waals surface area contributed by atoms with Crippen molar-refractivity contribution in [3.8, 4) is 0 Å². The Labute approximate surface area is 130 Å². The Bertz CT molecular complexity index is 750. The first-order chi connectivity index (χ1) is 10.6. The third kappa shape index (κ3) is 3.35. The second-order valence-electron chi connectivity index (χ2n) is 5.50. The summed E-state index contributed by atoms with van der Waals surface area (Å²) < 4.78 is 38.5. The predicted molar refractivity (Wildman–Crippen MR) is 77.3 cm³/mol. The standard InChI is InChI=1S/C15H16F3N3O2/c1-8(2)12-11(10-6-4-5-7-21(10)20-12)13(22)9(3)19-14(23)15(16,17)18/h4-9H,1-3H3,(H,19,23). The van der Waals surface area contributed by atoms with Crippen LogP contribution in [0.2, 0.25) is 0 Å². The molecule has 0 spiro atoms. The predicted octanol–water partition coefficient (Wildman–Crippen LogP) is 2.71. The molecule has 0 bridgehead atoms. The molecule has 0 aromatic carbocycles. The largest absolute Gasteiger partial charge is 0.471 e. The number of carbonyl (C=O) groups is 2. The van der Waals surface area contributed by atoms with Crippen molar-refractivity contribution in [2.24, 2.45) is 0 Å². The van der Waals surface area contributed by atoms with Gasteiger partial charge in [0, 0.05) is 6.20 Å². The molecule has 2 rings (SSSR count). The molecular formula is C15H16F3N3O2. The van der Waals surface area contributed by atoms with Gasteiger partial charge in [0.25, 0.3) is 0 Å². The van der Waals surface area contributed by atoms with E-state index >= 15 is 0 Å². The summed E-state index contributed by atoms with van der Waals surface area (Å²) in [7, 11) is 0. The maximum Gasteiger partial charge on any atom is 0.471 e. The summed E-state index contributed by atoms with van der Waals surface area (Å²) in [5, 5.41) is 5.99. The maximum absolute atomic E-state index is 12.6. The van der Waals surface area contributed by atoms with Gasteiger partial charge in [-0.3, -0.25) is 9.59 Å². The number of rotatable bonds is 4. The number of hydrogen-bond donors (Lipinski definition) is 1. The van der Waals surface area contributed by atoms with Crippen LogP contribution in [0.5, 0.6) is 0 Å². The average molecular weight is 327 g/mol. The van der Waals surface area contributed by atoms with Crippen molar-refractivity contribution in [3.63, 3.8) is 0 Å². The highest BCUT2D eigenvalue weighted by atomic mass is 19.4. The summed E-state index contributed by atoms with van der Waals surface area (Å²) in [4.78, 5) is 23.6. The van der Waals surface area contributed by atoms with Crippen LogP contribution in [0.15, 0.2) is 24.4 Å². The number of nitrogens with zero attached hydrogens (tertiary/aromatic N) is 2. The molecule has 0 aliphatic rings. The fourth-order valence-electron chi connectivity index (χ4n) is 2.23. The lowest BCUT2D eigenvalue weighted by atomic mass is 9.98. The van der Waals surface area contributed by atoms with E-state index in [0.29, 0.717) is 11.2 Å². The number of aromatic nitrogens is 2. The van der Waals surface area contributed by atoms with Crippen LogP contribution >= 0.6 is 0 Å². The van der Waals surface area contributed by atoms with Crippen molar-refractivity contribution in [1.29, 1.82) is 0 Å². The average Bonchev–Trinajstić information content (AvgIpc) is 2.84. The lowest BCUT2D eigenvalue weighted by Crippen LogP contribution is -2.45. The Kier molecular flexibility index (Phi) is 4.44. The third-order valence-corrected chi connectivity index (χ3v) is 3.36. The van der Waals surface area contributed by atoms with E-state index in [1.165, 1.54) is 11.4 Å². The number of hydrogen-bond acceptors (Lipinski definition) is 3. The van der Waals surface area contributed by atoms with E-state index in [1.54, 1.807) is 29.7 Å². The Morgan fingerprint density at radius 2 is 1.87 bits per heavy atom. The minimum atomic E-state index is -5.03. The van der Waals surface area contributed by atoms with Crippen LogP contribution < -0.4 is 5.32 Å². The molecule has 2 aromatic heterocycles. The van der Waals surface area contributed by atoms with E-state index in [2.05, 4.69) is 5.10 Å². The van der Waals surface area contributed by atoms with Crippen LogP contribution in [0.25, 0.3) is 5.52 Å². The lowest BCUT2D eigenvalue weighted by molar-refractivity contribution is -0.173. The van der Waals surface area contributed by atoms with Gasteiger partial charge >= 0.3 is 12.1 Å². The van der Waals surface area contributed by atoms with E-state index in [0.717, 1.165) is 0 Å². The van der Waals surface area contributed by atoms with Crippen LogP contribution in [0.1, 0.15) is 42.7 Å². The van der Waals surface area contributed by atoms with E-state index < -0.39 is 23.9 Å². The quantitative estimate of drug-likeness (QED) is 0.878. The van der Waals surface area contributed by atoms with Crippen LogP contribution in [-0.2, 0) is 4.79 Å². The highest BCUT2D eigenvalue weighted by Crippen LogP contribution is 2.24. The molecule has 0 aliphatic heterocycles. The molecule has 5 nitrogen and oxygen atoms in total. The Morgan fingerprint density at radius 1 is 1.22 bits per heavy atom. The molecule has 2 heterocycles. The summed E-state index contributed by atoms with van der Waals surface area (Å²) in [5.41, 5.74) is 1.21. The normalized spacial score (nSPS) is 13.3. The monoisotopic (exact) mass is 327 g/mol. The number of pyridine rings is 1. The molecule has 0 saturated carbocycles. The first-order valence-corrected chi connectivity index (χ1v) is 7.02. The van der Waals surface area contributed by atoms with Gasteiger partial charge in [0.15, 0.2) is 5.78 Å². The molecule has 23 heavy (non-hydrogen) atoms. The molecule has 124 valence electrons. The van der Waals surface area contributed by atoms with Crippen molar-refractivity contribution in [2.45, 2.75) is 38.9 Å². The van der Waals surface area contributed by atoms with Crippen LogP contribution in [0, 0.1) is 0 Å². The van der Waals surface area contributed by atoms with E-state index in [-0.39, 0.29) is 11.5 Å². The van der Waals surface area contributed by atoms with Gasteiger partial charge in [-0.05, 0) is 25.0 Å². The van der Waals surface area contributed by atoms with Gasteiger partial charge in [0.1, 0.15) is 0 Å². The molecule has 0 saturated heterocycles. The first kappa shape index (κ1) is 17.0. The number of carbonyl (C=O) groups excluding carboxylic acids is 2. The molecule has 0 aliphatic carbocycles. The van der Waals surface area contributed by atoms with Crippen molar-refractivity contribution >= 4 is 17.2 Å². The second-order valence-corrected chi connectivity index (χ2v) is 5.50. The minimum absolute atomic E-state index is 0.0978. The van der Waals surface area contributed by atoms with E-state index in [4.69, 9.17) is 0 Å². The van der Waals surface area contributed by atoms with Gasteiger partial charge in [0.2, 0.25) is 0 Å². The SMILES string of the molecule is CC(NC(=O)C(F)(F)F)C(=O)c1c(C(C)C)nn2ccccc12. The molecular weight excluding hydrogens is 311 g/mol. The van der Waals surface area contributed by atoms with Crippen molar-refractivity contribution < 1.29 is 22.8 Å². The smallest absolute Gasteiger partial charge is 0.338 e. The summed E-state index contributed by atoms with van der Waals surface area (Å²) >= 11 is 0. The van der Waals surface area contributed by atoms with Crippen molar-refractivity contribution in [1.82, 2.24) is 14.9 Å². The van der Waals surface area contributed by atoms with E-state index in [1.807, 2.05) is 13.8 Å². The fraction of sp³-hybridized carbons (Fsp3) is 0.400. The van der Waals surface area contributed by atoms with E-state index in [9.17, 15) is 22.8 Å². The topological polar surface area (TPSA) is 63.5 Å². The second kappa shape index (κ2) is 6.02. The van der Waals surface area contributed by atoms with Gasteiger partial charge in [-0.2, -0.15) is 18.3 Å². The number of fused-ring (bicyclic) bond motifs is 1. The summed E-state index contributed by atoms with van der Waals surface area (Å²) in [6.45, 7) is 4.89. The molecule has 1 unspecified atom stereocenters. The molecule has 2 aromatic rings. The first-order valence-electron chi connectivity index (χ1n) is 7.02. The summed E-state index contributed by atoms with van der Waals surface area (Å²) in [6.07, 6.45) is -3.38. The summed E-state index contributed by atoms with van der Waals surface area (Å²) in [5.74, 6) is -2.84. The van der Waals surface area contributed by atoms with Crippen LogP contribution in [0.4, 0.5) is 13.2 Å². The molecule has 1 N–H and O–H groups in total. The Hall–Kier alpha value is -2.38.